The molecule has 5 heteroatoms. The number of aryl methyl sites for hydroxylation is 1. The van der Waals surface area contributed by atoms with Gasteiger partial charge in [-0.25, -0.2) is 9.97 Å². The average molecular weight is 289 g/mol. The van der Waals surface area contributed by atoms with Gasteiger partial charge in [-0.3, -0.25) is 0 Å². The van der Waals surface area contributed by atoms with Gasteiger partial charge in [-0.1, -0.05) is 23.7 Å². The Morgan fingerprint density at radius 3 is 2.55 bits per heavy atom. The van der Waals surface area contributed by atoms with Gasteiger partial charge in [0.15, 0.2) is 0 Å². The van der Waals surface area contributed by atoms with Gasteiger partial charge in [-0.2, -0.15) is 0 Å². The van der Waals surface area contributed by atoms with Crippen LogP contribution in [-0.2, 0) is 0 Å². The minimum atomic E-state index is 0.739. The molecule has 2 heterocycles. The predicted molar refractivity (Wildman–Crippen MR) is 82.3 cm³/mol. The van der Waals surface area contributed by atoms with Crippen molar-refractivity contribution in [2.75, 3.05) is 31.1 Å². The van der Waals surface area contributed by atoms with Crippen LogP contribution in [0.25, 0.3) is 11.3 Å². The molecule has 1 N–H and O–H groups in total. The first-order chi connectivity index (χ1) is 9.74. The first-order valence-electron chi connectivity index (χ1n) is 6.79. The number of hydrogen-bond donors (Lipinski definition) is 1. The molecule has 0 atom stereocenters. The van der Waals surface area contributed by atoms with Gasteiger partial charge >= 0.3 is 0 Å². The maximum atomic E-state index is 5.94. The molecule has 1 fully saturated rings. The largest absolute Gasteiger partial charge is 0.338 e. The highest BCUT2D eigenvalue weighted by atomic mass is 35.5. The number of nitrogens with zero attached hydrogens (tertiary/aromatic N) is 3. The van der Waals surface area contributed by atoms with Crippen molar-refractivity contribution in [3.8, 4) is 11.3 Å². The fourth-order valence-corrected chi connectivity index (χ4v) is 2.48. The maximum absolute atomic E-state index is 5.94. The lowest BCUT2D eigenvalue weighted by atomic mass is 10.1. The van der Waals surface area contributed by atoms with Crippen molar-refractivity contribution in [1.29, 1.82) is 0 Å². The average Bonchev–Trinajstić information content (AvgIpc) is 2.50. The summed E-state index contributed by atoms with van der Waals surface area (Å²) in [6.45, 7) is 5.89. The highest BCUT2D eigenvalue weighted by molar-refractivity contribution is 6.30. The molecule has 1 saturated heterocycles. The van der Waals surface area contributed by atoms with Crippen molar-refractivity contribution in [2.45, 2.75) is 6.92 Å². The Balaban J connectivity index is 1.95. The number of nitrogens with one attached hydrogen (secondary N) is 1. The number of aromatic nitrogens is 2. The third-order valence-electron chi connectivity index (χ3n) is 3.48. The molecule has 1 aromatic carbocycles. The van der Waals surface area contributed by atoms with Crippen molar-refractivity contribution in [2.24, 2.45) is 0 Å². The Hall–Kier alpha value is -1.65. The molecule has 4 nitrogen and oxygen atoms in total. The molecule has 0 radical (unpaired) electrons. The van der Waals surface area contributed by atoms with Crippen molar-refractivity contribution in [3.63, 3.8) is 0 Å². The molecule has 3 rings (SSSR count). The zero-order chi connectivity index (χ0) is 13.9. The Morgan fingerprint density at radius 1 is 1.15 bits per heavy atom. The van der Waals surface area contributed by atoms with E-state index in [2.05, 4.69) is 15.2 Å². The number of piperazine rings is 1. The molecule has 0 aliphatic carbocycles. The van der Waals surface area contributed by atoms with Gasteiger partial charge in [0.2, 0.25) is 5.95 Å². The van der Waals surface area contributed by atoms with Crippen LogP contribution in [0.5, 0.6) is 0 Å². The van der Waals surface area contributed by atoms with Gasteiger partial charge < -0.3 is 10.2 Å². The summed E-state index contributed by atoms with van der Waals surface area (Å²) in [6, 6.07) is 7.78. The second kappa shape index (κ2) is 5.77. The van der Waals surface area contributed by atoms with Crippen LogP contribution in [0.4, 0.5) is 5.95 Å². The van der Waals surface area contributed by atoms with Gasteiger partial charge in [0.05, 0.1) is 5.69 Å². The first kappa shape index (κ1) is 13.3. The summed E-state index contributed by atoms with van der Waals surface area (Å²) in [5.41, 5.74) is 3.13. The molecule has 104 valence electrons. The summed E-state index contributed by atoms with van der Waals surface area (Å²) < 4.78 is 0. The smallest absolute Gasteiger partial charge is 0.225 e. The van der Waals surface area contributed by atoms with E-state index in [4.69, 9.17) is 16.6 Å². The summed E-state index contributed by atoms with van der Waals surface area (Å²) in [6.07, 6.45) is 1.90. The lowest BCUT2D eigenvalue weighted by Crippen LogP contribution is -2.44. The van der Waals surface area contributed by atoms with Crippen LogP contribution in [0.2, 0.25) is 5.02 Å². The van der Waals surface area contributed by atoms with Crippen molar-refractivity contribution in [3.05, 3.63) is 41.0 Å². The molecular weight excluding hydrogens is 272 g/mol. The molecule has 0 bridgehead atoms. The van der Waals surface area contributed by atoms with Crippen LogP contribution >= 0.6 is 11.6 Å². The molecule has 0 saturated carbocycles. The second-order valence-electron chi connectivity index (χ2n) is 4.95. The van der Waals surface area contributed by atoms with Gasteiger partial charge in [-0.15, -0.1) is 0 Å². The quantitative estimate of drug-likeness (QED) is 0.922. The Labute approximate surface area is 123 Å². The van der Waals surface area contributed by atoms with E-state index < -0.39 is 0 Å². The number of halogens is 1. The highest BCUT2D eigenvalue weighted by Gasteiger charge is 2.15. The molecule has 2 aromatic rings. The van der Waals surface area contributed by atoms with Crippen LogP contribution in [0, 0.1) is 6.92 Å². The number of hydrogen-bond acceptors (Lipinski definition) is 4. The topological polar surface area (TPSA) is 41.1 Å². The maximum Gasteiger partial charge on any atom is 0.225 e. The third kappa shape index (κ3) is 2.76. The highest BCUT2D eigenvalue weighted by Crippen LogP contribution is 2.24. The lowest BCUT2D eigenvalue weighted by Gasteiger charge is -2.27. The van der Waals surface area contributed by atoms with Gasteiger partial charge in [-0.05, 0) is 24.6 Å². The lowest BCUT2D eigenvalue weighted by molar-refractivity contribution is 0.580. The van der Waals surface area contributed by atoms with Gasteiger partial charge in [0.25, 0.3) is 0 Å². The van der Waals surface area contributed by atoms with E-state index in [0.29, 0.717) is 0 Å². The SMILES string of the molecule is Cc1cnc(N2CCNCC2)nc1-c1ccc(Cl)cc1. The van der Waals surface area contributed by atoms with E-state index in [1.54, 1.807) is 0 Å². The van der Waals surface area contributed by atoms with Gasteiger partial charge in [0.1, 0.15) is 0 Å². The van der Waals surface area contributed by atoms with E-state index in [0.717, 1.165) is 54.0 Å². The number of rotatable bonds is 2. The van der Waals surface area contributed by atoms with E-state index >= 15 is 0 Å². The van der Waals surface area contributed by atoms with Crippen molar-refractivity contribution >= 4 is 17.5 Å². The zero-order valence-corrected chi connectivity index (χ0v) is 12.2. The molecule has 20 heavy (non-hydrogen) atoms. The summed E-state index contributed by atoms with van der Waals surface area (Å²) in [5, 5.41) is 4.08. The second-order valence-corrected chi connectivity index (χ2v) is 5.38. The van der Waals surface area contributed by atoms with Crippen LogP contribution in [0.1, 0.15) is 5.56 Å². The predicted octanol–water partition coefficient (Wildman–Crippen LogP) is 2.52. The fraction of sp³-hybridized carbons (Fsp3) is 0.333. The molecule has 1 aliphatic heterocycles. The van der Waals surface area contributed by atoms with E-state index in [9.17, 15) is 0 Å². The monoisotopic (exact) mass is 288 g/mol. The van der Waals surface area contributed by atoms with Crippen LogP contribution in [0.3, 0.4) is 0 Å². The normalized spacial score (nSPS) is 15.4. The summed E-state index contributed by atoms with van der Waals surface area (Å²) >= 11 is 5.94. The van der Waals surface area contributed by atoms with Crippen molar-refractivity contribution in [1.82, 2.24) is 15.3 Å². The fourth-order valence-electron chi connectivity index (χ4n) is 2.35. The summed E-state index contributed by atoms with van der Waals surface area (Å²) in [5.74, 6) is 0.807. The van der Waals surface area contributed by atoms with E-state index in [1.165, 1.54) is 0 Å². The molecule has 1 aromatic heterocycles. The minimum Gasteiger partial charge on any atom is -0.338 e. The molecule has 0 amide bonds. The Bertz CT molecular complexity index is 591. The Kier molecular flexibility index (Phi) is 3.85. The Morgan fingerprint density at radius 2 is 1.85 bits per heavy atom. The zero-order valence-electron chi connectivity index (χ0n) is 11.4. The number of benzene rings is 1. The summed E-state index contributed by atoms with van der Waals surface area (Å²) in [4.78, 5) is 11.4. The van der Waals surface area contributed by atoms with Crippen molar-refractivity contribution < 1.29 is 0 Å². The molecule has 1 aliphatic rings. The standard InChI is InChI=1S/C15H17ClN4/c1-11-10-18-15(20-8-6-17-7-9-20)19-14(11)12-2-4-13(16)5-3-12/h2-5,10,17H,6-9H2,1H3. The van der Waals surface area contributed by atoms with Crippen LogP contribution < -0.4 is 10.2 Å². The van der Waals surface area contributed by atoms with Crippen LogP contribution in [0.15, 0.2) is 30.5 Å². The van der Waals surface area contributed by atoms with E-state index in [1.807, 2.05) is 37.4 Å². The van der Waals surface area contributed by atoms with Crippen LogP contribution in [-0.4, -0.2) is 36.1 Å². The molecule has 0 spiro atoms. The molecular formula is C15H17ClN4. The number of anilines is 1. The third-order valence-corrected chi connectivity index (χ3v) is 3.73. The minimum absolute atomic E-state index is 0.739. The molecule has 0 unspecified atom stereocenters. The van der Waals surface area contributed by atoms with E-state index in [-0.39, 0.29) is 0 Å². The first-order valence-corrected chi connectivity index (χ1v) is 7.17. The van der Waals surface area contributed by atoms with Gasteiger partial charge in [0, 0.05) is 43.0 Å². The summed E-state index contributed by atoms with van der Waals surface area (Å²) in [7, 11) is 0.